The number of nitrogens with zero attached hydrogens (tertiary/aromatic N) is 3. The number of rotatable bonds is 5. The van der Waals surface area contributed by atoms with Crippen LogP contribution in [0.15, 0.2) is 53.8 Å². The lowest BCUT2D eigenvalue weighted by atomic mass is 10.2. The summed E-state index contributed by atoms with van der Waals surface area (Å²) in [5, 5.41) is 4.14. The molecule has 0 aliphatic heterocycles. The molecule has 0 aliphatic rings. The van der Waals surface area contributed by atoms with Crippen molar-refractivity contribution in [2.24, 2.45) is 7.05 Å². The standard InChI is InChI=1S/C17H18N4O3S/c1-12-10-15(24-14-6-8-18-9-7-14)4-5-17(12)25(22,23)20-16-11-21(3)19-13(16)2/h4-11,20H,1-3H3. The second-order valence-corrected chi connectivity index (χ2v) is 7.27. The van der Waals surface area contributed by atoms with Crippen molar-refractivity contribution >= 4 is 15.7 Å². The van der Waals surface area contributed by atoms with Gasteiger partial charge in [-0.05, 0) is 49.7 Å². The number of benzene rings is 1. The molecule has 0 unspecified atom stereocenters. The minimum absolute atomic E-state index is 0.192. The van der Waals surface area contributed by atoms with Gasteiger partial charge in [0.25, 0.3) is 10.0 Å². The summed E-state index contributed by atoms with van der Waals surface area (Å²) in [6.07, 6.45) is 4.88. The van der Waals surface area contributed by atoms with Crippen LogP contribution in [0.4, 0.5) is 5.69 Å². The summed E-state index contributed by atoms with van der Waals surface area (Å²) >= 11 is 0. The molecular formula is C17H18N4O3S. The Balaban J connectivity index is 1.85. The molecule has 25 heavy (non-hydrogen) atoms. The molecular weight excluding hydrogens is 340 g/mol. The zero-order chi connectivity index (χ0) is 18.0. The number of hydrogen-bond donors (Lipinski definition) is 1. The van der Waals surface area contributed by atoms with E-state index in [0.29, 0.717) is 28.4 Å². The van der Waals surface area contributed by atoms with Gasteiger partial charge >= 0.3 is 0 Å². The van der Waals surface area contributed by atoms with E-state index in [1.807, 2.05) is 0 Å². The fourth-order valence-electron chi connectivity index (χ4n) is 2.43. The Morgan fingerprint density at radius 1 is 1.08 bits per heavy atom. The van der Waals surface area contributed by atoms with Gasteiger partial charge in [-0.3, -0.25) is 14.4 Å². The van der Waals surface area contributed by atoms with Crippen LogP contribution in [0.3, 0.4) is 0 Å². The molecule has 0 radical (unpaired) electrons. The molecule has 1 N–H and O–H groups in total. The molecule has 3 aromatic rings. The maximum atomic E-state index is 12.7. The number of aryl methyl sites for hydroxylation is 3. The van der Waals surface area contributed by atoms with Crippen LogP contribution in [0, 0.1) is 13.8 Å². The molecule has 3 rings (SSSR count). The number of anilines is 1. The molecule has 1 aromatic carbocycles. The number of nitrogens with one attached hydrogen (secondary N) is 1. The first kappa shape index (κ1) is 17.0. The Morgan fingerprint density at radius 2 is 1.80 bits per heavy atom. The number of ether oxygens (including phenoxy) is 1. The molecule has 0 spiro atoms. The lowest BCUT2D eigenvalue weighted by molar-refractivity contribution is 0.481. The summed E-state index contributed by atoms with van der Waals surface area (Å²) in [4.78, 5) is 4.12. The van der Waals surface area contributed by atoms with Crippen molar-refractivity contribution in [1.82, 2.24) is 14.8 Å². The van der Waals surface area contributed by atoms with E-state index in [2.05, 4.69) is 14.8 Å². The maximum absolute atomic E-state index is 12.7. The van der Waals surface area contributed by atoms with Crippen molar-refractivity contribution in [3.8, 4) is 11.5 Å². The van der Waals surface area contributed by atoms with Gasteiger partial charge in [-0.15, -0.1) is 0 Å². The van der Waals surface area contributed by atoms with Crippen LogP contribution < -0.4 is 9.46 Å². The highest BCUT2D eigenvalue weighted by Gasteiger charge is 2.19. The fourth-order valence-corrected chi connectivity index (χ4v) is 3.76. The Morgan fingerprint density at radius 3 is 2.40 bits per heavy atom. The molecule has 0 bridgehead atoms. The molecule has 0 amide bonds. The van der Waals surface area contributed by atoms with Crippen LogP contribution in [0.5, 0.6) is 11.5 Å². The topological polar surface area (TPSA) is 86.1 Å². The molecule has 0 fully saturated rings. The van der Waals surface area contributed by atoms with Crippen molar-refractivity contribution in [2.45, 2.75) is 18.7 Å². The summed E-state index contributed by atoms with van der Waals surface area (Å²) in [6, 6.07) is 8.29. The highest BCUT2D eigenvalue weighted by Crippen LogP contribution is 2.27. The first-order valence-electron chi connectivity index (χ1n) is 7.57. The summed E-state index contributed by atoms with van der Waals surface area (Å²) in [7, 11) is -1.97. The third-order valence-corrected chi connectivity index (χ3v) is 5.10. The molecule has 2 heterocycles. The van der Waals surface area contributed by atoms with Crippen LogP contribution in [0.2, 0.25) is 0 Å². The van der Waals surface area contributed by atoms with Gasteiger partial charge in [0.05, 0.1) is 16.3 Å². The van der Waals surface area contributed by atoms with Crippen LogP contribution in [-0.2, 0) is 17.1 Å². The van der Waals surface area contributed by atoms with Gasteiger partial charge in [0.2, 0.25) is 0 Å². The molecule has 130 valence electrons. The van der Waals surface area contributed by atoms with Crippen molar-refractivity contribution in [3.63, 3.8) is 0 Å². The molecule has 0 aliphatic carbocycles. The minimum Gasteiger partial charge on any atom is -0.457 e. The maximum Gasteiger partial charge on any atom is 0.262 e. The van der Waals surface area contributed by atoms with Gasteiger partial charge in [0.15, 0.2) is 0 Å². The lowest BCUT2D eigenvalue weighted by Gasteiger charge is -2.11. The Labute approximate surface area is 146 Å². The fraction of sp³-hybridized carbons (Fsp3) is 0.176. The smallest absolute Gasteiger partial charge is 0.262 e. The van der Waals surface area contributed by atoms with Gasteiger partial charge in [0, 0.05) is 25.6 Å². The average Bonchev–Trinajstić information content (AvgIpc) is 2.85. The number of aromatic nitrogens is 3. The van der Waals surface area contributed by atoms with E-state index < -0.39 is 10.0 Å². The monoisotopic (exact) mass is 358 g/mol. The minimum atomic E-state index is -3.71. The van der Waals surface area contributed by atoms with Crippen LogP contribution >= 0.6 is 0 Å². The van der Waals surface area contributed by atoms with E-state index in [9.17, 15) is 8.42 Å². The molecule has 0 saturated heterocycles. The third-order valence-electron chi connectivity index (χ3n) is 3.58. The van der Waals surface area contributed by atoms with E-state index >= 15 is 0 Å². The highest BCUT2D eigenvalue weighted by atomic mass is 32.2. The predicted octanol–water partition coefficient (Wildman–Crippen LogP) is 3.03. The molecule has 0 atom stereocenters. The summed E-state index contributed by atoms with van der Waals surface area (Å²) in [5.74, 6) is 1.19. The lowest BCUT2D eigenvalue weighted by Crippen LogP contribution is -2.14. The van der Waals surface area contributed by atoms with Crippen molar-refractivity contribution in [2.75, 3.05) is 4.72 Å². The summed E-state index contributed by atoms with van der Waals surface area (Å²) in [5.41, 5.74) is 1.65. The average molecular weight is 358 g/mol. The van der Waals surface area contributed by atoms with Gasteiger partial charge in [-0.1, -0.05) is 0 Å². The largest absolute Gasteiger partial charge is 0.457 e. The number of hydrogen-bond acceptors (Lipinski definition) is 5. The molecule has 7 nitrogen and oxygen atoms in total. The highest BCUT2D eigenvalue weighted by molar-refractivity contribution is 7.92. The van der Waals surface area contributed by atoms with Crippen molar-refractivity contribution in [1.29, 1.82) is 0 Å². The first-order valence-corrected chi connectivity index (χ1v) is 9.05. The van der Waals surface area contributed by atoms with E-state index in [0.717, 1.165) is 0 Å². The Hall–Kier alpha value is -2.87. The zero-order valence-corrected chi connectivity index (χ0v) is 14.9. The molecule has 8 heteroatoms. The van der Waals surface area contributed by atoms with Crippen LogP contribution in [-0.4, -0.2) is 23.2 Å². The van der Waals surface area contributed by atoms with Crippen molar-refractivity contribution < 1.29 is 13.2 Å². The third kappa shape index (κ3) is 3.80. The number of pyridine rings is 1. The predicted molar refractivity (Wildman–Crippen MR) is 94.2 cm³/mol. The van der Waals surface area contributed by atoms with E-state index in [1.54, 1.807) is 68.4 Å². The first-order chi connectivity index (χ1) is 11.8. The Kier molecular flexibility index (Phi) is 4.45. The number of sulfonamides is 1. The van der Waals surface area contributed by atoms with Gasteiger partial charge in [0.1, 0.15) is 11.5 Å². The van der Waals surface area contributed by atoms with Crippen LogP contribution in [0.25, 0.3) is 0 Å². The quantitative estimate of drug-likeness (QED) is 0.758. The summed E-state index contributed by atoms with van der Waals surface area (Å²) < 4.78 is 35.1. The molecule has 0 saturated carbocycles. The summed E-state index contributed by atoms with van der Waals surface area (Å²) in [6.45, 7) is 3.47. The van der Waals surface area contributed by atoms with Crippen LogP contribution in [0.1, 0.15) is 11.3 Å². The second-order valence-electron chi connectivity index (χ2n) is 5.62. The van der Waals surface area contributed by atoms with E-state index in [-0.39, 0.29) is 4.90 Å². The second kappa shape index (κ2) is 6.56. The molecule has 2 aromatic heterocycles. The van der Waals surface area contributed by atoms with Crippen molar-refractivity contribution in [3.05, 3.63) is 60.2 Å². The van der Waals surface area contributed by atoms with Gasteiger partial charge in [-0.2, -0.15) is 5.10 Å². The van der Waals surface area contributed by atoms with Gasteiger partial charge in [-0.25, -0.2) is 8.42 Å². The Bertz CT molecular complexity index is 998. The zero-order valence-electron chi connectivity index (χ0n) is 14.1. The van der Waals surface area contributed by atoms with Gasteiger partial charge < -0.3 is 4.74 Å². The SMILES string of the molecule is Cc1cc(Oc2ccncc2)ccc1S(=O)(=O)Nc1cn(C)nc1C. The van der Waals surface area contributed by atoms with E-state index in [1.165, 1.54) is 6.07 Å². The van der Waals surface area contributed by atoms with E-state index in [4.69, 9.17) is 4.74 Å². The normalized spacial score (nSPS) is 11.3.